The highest BCUT2D eigenvalue weighted by Crippen LogP contribution is 2.26. The fraction of sp³-hybridized carbons (Fsp3) is 0.769. The largest absolute Gasteiger partial charge is 0.271 e. The van der Waals surface area contributed by atoms with Crippen LogP contribution in [0.15, 0.2) is 17.3 Å². The predicted octanol–water partition coefficient (Wildman–Crippen LogP) is 2.32. The van der Waals surface area contributed by atoms with Gasteiger partial charge in [0.05, 0.1) is 6.20 Å². The molecule has 0 aliphatic carbocycles. The van der Waals surface area contributed by atoms with Crippen LogP contribution in [0.25, 0.3) is 0 Å². The fourth-order valence-corrected chi connectivity index (χ4v) is 4.24. The molecule has 1 aromatic heterocycles. The molecule has 0 saturated carbocycles. The van der Waals surface area contributed by atoms with Gasteiger partial charge in [-0.1, -0.05) is 13.3 Å². The summed E-state index contributed by atoms with van der Waals surface area (Å²) in [6, 6.07) is 0. The first-order chi connectivity index (χ1) is 9.57. The Morgan fingerprint density at radius 2 is 2.30 bits per heavy atom. The third kappa shape index (κ3) is 3.54. The number of halogens is 1. The Morgan fingerprint density at radius 3 is 3.00 bits per heavy atom. The zero-order valence-corrected chi connectivity index (χ0v) is 13.4. The molecule has 1 aliphatic rings. The van der Waals surface area contributed by atoms with Crippen LogP contribution in [0, 0.1) is 5.92 Å². The van der Waals surface area contributed by atoms with E-state index < -0.39 is 10.0 Å². The van der Waals surface area contributed by atoms with Gasteiger partial charge in [-0.3, -0.25) is 4.68 Å². The van der Waals surface area contributed by atoms with Crippen molar-refractivity contribution in [3.63, 3.8) is 0 Å². The summed E-state index contributed by atoms with van der Waals surface area (Å²) in [6.45, 7) is 4.05. The molecule has 1 aliphatic heterocycles. The van der Waals surface area contributed by atoms with Gasteiger partial charge in [0.1, 0.15) is 4.90 Å². The van der Waals surface area contributed by atoms with Crippen molar-refractivity contribution in [1.82, 2.24) is 14.1 Å². The molecular formula is C13H22ClN3O2S. The van der Waals surface area contributed by atoms with Crippen molar-refractivity contribution in [2.75, 3.05) is 19.0 Å². The lowest BCUT2D eigenvalue weighted by Crippen LogP contribution is -2.28. The van der Waals surface area contributed by atoms with E-state index >= 15 is 0 Å². The lowest BCUT2D eigenvalue weighted by molar-refractivity contribution is 0.444. The van der Waals surface area contributed by atoms with Gasteiger partial charge in [-0.2, -0.15) is 9.40 Å². The minimum atomic E-state index is -3.38. The molecule has 1 unspecified atom stereocenters. The van der Waals surface area contributed by atoms with Crippen LogP contribution in [0.2, 0.25) is 0 Å². The Hall–Kier alpha value is -0.590. The SMILES string of the molecule is CCCC1CCN(S(=O)(=O)c2cnn(CCCCl)c2)C1. The molecule has 1 fully saturated rings. The predicted molar refractivity (Wildman–Crippen MR) is 79.3 cm³/mol. The van der Waals surface area contributed by atoms with Crippen LogP contribution in [0.1, 0.15) is 32.6 Å². The average Bonchev–Trinajstić information content (AvgIpc) is 3.06. The molecule has 0 radical (unpaired) electrons. The summed E-state index contributed by atoms with van der Waals surface area (Å²) < 4.78 is 28.3. The van der Waals surface area contributed by atoms with Crippen LogP contribution in [-0.4, -0.2) is 41.5 Å². The van der Waals surface area contributed by atoms with Crippen LogP contribution in [0.5, 0.6) is 0 Å². The molecule has 7 heteroatoms. The van der Waals surface area contributed by atoms with E-state index in [2.05, 4.69) is 12.0 Å². The van der Waals surface area contributed by atoms with E-state index in [1.807, 2.05) is 0 Å². The molecule has 114 valence electrons. The van der Waals surface area contributed by atoms with Gasteiger partial charge >= 0.3 is 0 Å². The van der Waals surface area contributed by atoms with Gasteiger partial charge in [0, 0.05) is 31.7 Å². The molecule has 5 nitrogen and oxygen atoms in total. The first kappa shape index (κ1) is 15.8. The van der Waals surface area contributed by atoms with E-state index in [0.29, 0.717) is 36.3 Å². The number of aryl methyl sites for hydroxylation is 1. The number of alkyl halides is 1. The molecule has 20 heavy (non-hydrogen) atoms. The van der Waals surface area contributed by atoms with Crippen molar-refractivity contribution >= 4 is 21.6 Å². The normalized spacial score (nSPS) is 20.6. The maximum absolute atomic E-state index is 12.5. The minimum absolute atomic E-state index is 0.296. The molecule has 0 aromatic carbocycles. The number of aromatic nitrogens is 2. The molecule has 1 saturated heterocycles. The van der Waals surface area contributed by atoms with Crippen LogP contribution in [0.4, 0.5) is 0 Å². The zero-order chi connectivity index (χ0) is 14.6. The number of rotatable bonds is 7. The Kier molecular flexibility index (Phi) is 5.46. The van der Waals surface area contributed by atoms with Gasteiger partial charge < -0.3 is 0 Å². The molecule has 2 heterocycles. The van der Waals surface area contributed by atoms with Crippen molar-refractivity contribution in [3.05, 3.63) is 12.4 Å². The summed E-state index contributed by atoms with van der Waals surface area (Å²) in [4.78, 5) is 0.296. The third-order valence-electron chi connectivity index (χ3n) is 3.71. The van der Waals surface area contributed by atoms with E-state index in [0.717, 1.165) is 25.7 Å². The molecule has 1 aromatic rings. The van der Waals surface area contributed by atoms with E-state index in [-0.39, 0.29) is 0 Å². The monoisotopic (exact) mass is 319 g/mol. The highest BCUT2D eigenvalue weighted by molar-refractivity contribution is 7.89. The van der Waals surface area contributed by atoms with E-state index in [1.54, 1.807) is 15.2 Å². The lowest BCUT2D eigenvalue weighted by Gasteiger charge is -2.15. The van der Waals surface area contributed by atoms with E-state index in [9.17, 15) is 8.42 Å². The minimum Gasteiger partial charge on any atom is -0.271 e. The first-order valence-electron chi connectivity index (χ1n) is 7.16. The second-order valence-corrected chi connectivity index (χ2v) is 7.60. The molecule has 2 rings (SSSR count). The number of nitrogens with zero attached hydrogens (tertiary/aromatic N) is 3. The Balaban J connectivity index is 2.05. The first-order valence-corrected chi connectivity index (χ1v) is 9.14. The second kappa shape index (κ2) is 6.91. The average molecular weight is 320 g/mol. The van der Waals surface area contributed by atoms with Gasteiger partial charge in [0.15, 0.2) is 0 Å². The highest BCUT2D eigenvalue weighted by Gasteiger charge is 2.32. The van der Waals surface area contributed by atoms with Crippen molar-refractivity contribution in [3.8, 4) is 0 Å². The van der Waals surface area contributed by atoms with Crippen molar-refractivity contribution in [1.29, 1.82) is 0 Å². The Bertz CT molecular complexity index is 529. The van der Waals surface area contributed by atoms with E-state index in [4.69, 9.17) is 11.6 Å². The van der Waals surface area contributed by atoms with Crippen LogP contribution >= 0.6 is 11.6 Å². The van der Waals surface area contributed by atoms with Gasteiger partial charge in [0.2, 0.25) is 10.0 Å². The van der Waals surface area contributed by atoms with Gasteiger partial charge in [-0.15, -0.1) is 11.6 Å². The molecule has 0 spiro atoms. The molecular weight excluding hydrogens is 298 g/mol. The third-order valence-corrected chi connectivity index (χ3v) is 5.80. The lowest BCUT2D eigenvalue weighted by atomic mass is 10.0. The maximum Gasteiger partial charge on any atom is 0.246 e. The summed E-state index contributed by atoms with van der Waals surface area (Å²) in [5.74, 6) is 1.05. The summed E-state index contributed by atoms with van der Waals surface area (Å²) in [6.07, 6.45) is 7.00. The van der Waals surface area contributed by atoms with Crippen molar-refractivity contribution in [2.24, 2.45) is 5.92 Å². The smallest absolute Gasteiger partial charge is 0.246 e. The molecule has 0 N–H and O–H groups in total. The topological polar surface area (TPSA) is 55.2 Å². The van der Waals surface area contributed by atoms with Crippen LogP contribution < -0.4 is 0 Å². The standard InChI is InChI=1S/C13H22ClN3O2S/c1-2-4-12-5-8-17(10-12)20(18,19)13-9-15-16(11-13)7-3-6-14/h9,11-12H,2-8,10H2,1H3. The van der Waals surface area contributed by atoms with E-state index in [1.165, 1.54) is 6.20 Å². The molecule has 1 atom stereocenters. The maximum atomic E-state index is 12.5. The number of hydrogen-bond acceptors (Lipinski definition) is 3. The summed E-state index contributed by atoms with van der Waals surface area (Å²) in [7, 11) is -3.38. The van der Waals surface area contributed by atoms with Crippen LogP contribution in [0.3, 0.4) is 0 Å². The van der Waals surface area contributed by atoms with Gasteiger partial charge in [-0.05, 0) is 25.2 Å². The molecule has 0 amide bonds. The number of sulfonamides is 1. The zero-order valence-electron chi connectivity index (χ0n) is 11.8. The fourth-order valence-electron chi connectivity index (χ4n) is 2.63. The Labute approximate surface area is 126 Å². The van der Waals surface area contributed by atoms with Gasteiger partial charge in [-0.25, -0.2) is 8.42 Å². The summed E-state index contributed by atoms with van der Waals surface area (Å²) in [5, 5.41) is 4.10. The van der Waals surface area contributed by atoms with Gasteiger partial charge in [0.25, 0.3) is 0 Å². The Morgan fingerprint density at radius 1 is 1.50 bits per heavy atom. The summed E-state index contributed by atoms with van der Waals surface area (Å²) in [5.41, 5.74) is 0. The quantitative estimate of drug-likeness (QED) is 0.725. The summed E-state index contributed by atoms with van der Waals surface area (Å²) >= 11 is 5.63. The van der Waals surface area contributed by atoms with Crippen molar-refractivity contribution in [2.45, 2.75) is 44.0 Å². The van der Waals surface area contributed by atoms with Crippen LogP contribution in [-0.2, 0) is 16.6 Å². The molecule has 0 bridgehead atoms. The number of hydrogen-bond donors (Lipinski definition) is 0. The second-order valence-electron chi connectivity index (χ2n) is 5.29. The highest BCUT2D eigenvalue weighted by atomic mass is 35.5. The van der Waals surface area contributed by atoms with Crippen molar-refractivity contribution < 1.29 is 8.42 Å².